The van der Waals surface area contributed by atoms with Gasteiger partial charge in [-0.25, -0.2) is 0 Å². The Morgan fingerprint density at radius 2 is 1.32 bits per heavy atom. The van der Waals surface area contributed by atoms with Crippen LogP contribution in [-0.2, 0) is 22.4 Å². The first-order chi connectivity index (χ1) is 23.9. The van der Waals surface area contributed by atoms with Crippen LogP contribution in [0, 0.1) is 13.8 Å². The molecule has 50 heavy (non-hydrogen) atoms. The Hall–Kier alpha value is -3.51. The molecule has 1 aliphatic rings. The third-order valence-electron chi connectivity index (χ3n) is 9.22. The molecule has 1 fully saturated rings. The Morgan fingerprint density at radius 1 is 0.760 bits per heavy atom. The lowest BCUT2D eigenvalue weighted by Gasteiger charge is -2.15. The lowest BCUT2D eigenvalue weighted by molar-refractivity contribution is -0.118. The number of para-hydroxylation sites is 2. The Kier molecular flexibility index (Phi) is 21.0. The van der Waals surface area contributed by atoms with Crippen molar-refractivity contribution < 1.29 is 14.3 Å². The quantitative estimate of drug-likeness (QED) is 0.112. The van der Waals surface area contributed by atoms with E-state index in [4.69, 9.17) is 14.5 Å². The molecule has 2 aromatic heterocycles. The molecule has 0 bridgehead atoms. The molecule has 2 aromatic carbocycles. The summed E-state index contributed by atoms with van der Waals surface area (Å²) in [7, 11) is 0. The fourth-order valence-corrected chi connectivity index (χ4v) is 6.23. The molecule has 0 aliphatic carbocycles. The molecule has 0 radical (unpaired) electrons. The molecule has 0 spiro atoms. The van der Waals surface area contributed by atoms with E-state index in [9.17, 15) is 9.59 Å². The number of hydrogen-bond donors (Lipinski definition) is 1. The van der Waals surface area contributed by atoms with Crippen LogP contribution >= 0.6 is 0 Å². The van der Waals surface area contributed by atoms with E-state index in [1.165, 1.54) is 83.5 Å². The van der Waals surface area contributed by atoms with Gasteiger partial charge in [0, 0.05) is 52.0 Å². The molecule has 1 saturated heterocycles. The number of aromatic amines is 1. The first-order valence-electron chi connectivity index (χ1n) is 19.1. The zero-order valence-electron chi connectivity index (χ0n) is 31.1. The van der Waals surface area contributed by atoms with Gasteiger partial charge in [0.05, 0.1) is 5.52 Å². The topological polar surface area (TPSA) is 81.3 Å². The molecule has 6 heteroatoms. The number of fused-ring (bicyclic) bond motifs is 2. The monoisotopic (exact) mass is 687 g/mol. The van der Waals surface area contributed by atoms with Gasteiger partial charge in [-0.2, -0.15) is 0 Å². The van der Waals surface area contributed by atoms with Crippen molar-refractivity contribution in [2.75, 3.05) is 19.8 Å². The van der Waals surface area contributed by atoms with Crippen molar-refractivity contribution in [3.63, 3.8) is 0 Å². The lowest BCUT2D eigenvalue weighted by Crippen LogP contribution is -2.11. The zero-order chi connectivity index (χ0) is 35.3. The maximum atomic E-state index is 12.3. The van der Waals surface area contributed by atoms with E-state index >= 15 is 0 Å². The van der Waals surface area contributed by atoms with Crippen LogP contribution in [0.2, 0.25) is 0 Å². The van der Waals surface area contributed by atoms with Crippen LogP contribution in [0.5, 0.6) is 5.75 Å². The third-order valence-corrected chi connectivity index (χ3v) is 9.22. The van der Waals surface area contributed by atoms with Crippen LogP contribution in [-0.4, -0.2) is 35.6 Å². The number of benzene rings is 2. The van der Waals surface area contributed by atoms with Crippen molar-refractivity contribution in [1.29, 1.82) is 0 Å². The van der Waals surface area contributed by atoms with E-state index < -0.39 is 0 Å². The predicted molar refractivity (Wildman–Crippen MR) is 213 cm³/mol. The van der Waals surface area contributed by atoms with Gasteiger partial charge < -0.3 is 14.5 Å². The number of aryl methyl sites for hydroxylation is 2. The SMILES string of the molecule is C.C1CCOC1.CCCCCCCCc1[nH]c2ccccc2c(=O)c1C.CCCCCCCCc1nc2ccccc2c(OCC(C)=O)c1C. The van der Waals surface area contributed by atoms with Gasteiger partial charge >= 0.3 is 0 Å². The smallest absolute Gasteiger partial charge is 0.192 e. The van der Waals surface area contributed by atoms with Crippen molar-refractivity contribution in [3.8, 4) is 5.75 Å². The van der Waals surface area contributed by atoms with Gasteiger partial charge in [-0.05, 0) is 83.6 Å². The Morgan fingerprint density at radius 3 is 1.92 bits per heavy atom. The van der Waals surface area contributed by atoms with Crippen LogP contribution in [0.1, 0.15) is 141 Å². The molecule has 5 rings (SSSR count). The van der Waals surface area contributed by atoms with Crippen molar-refractivity contribution in [1.82, 2.24) is 9.97 Å². The number of nitrogens with zero attached hydrogens (tertiary/aromatic N) is 1. The second-order valence-electron chi connectivity index (χ2n) is 13.5. The van der Waals surface area contributed by atoms with Gasteiger partial charge in [0.15, 0.2) is 11.2 Å². The minimum absolute atomic E-state index is 0. The minimum Gasteiger partial charge on any atom is -0.485 e. The number of H-pyrrole nitrogens is 1. The van der Waals surface area contributed by atoms with Gasteiger partial charge in [-0.3, -0.25) is 14.6 Å². The molecule has 0 atom stereocenters. The number of carbonyl (C=O) groups excluding carboxylic acids is 1. The van der Waals surface area contributed by atoms with Crippen LogP contribution in [0.3, 0.4) is 0 Å². The summed E-state index contributed by atoms with van der Waals surface area (Å²) < 4.78 is 10.8. The average molecular weight is 687 g/mol. The van der Waals surface area contributed by atoms with Crippen molar-refractivity contribution in [2.24, 2.45) is 0 Å². The van der Waals surface area contributed by atoms with E-state index in [2.05, 4.69) is 25.8 Å². The number of nitrogens with one attached hydrogen (secondary N) is 1. The van der Waals surface area contributed by atoms with Crippen molar-refractivity contribution >= 4 is 27.6 Å². The number of ether oxygens (including phenoxy) is 2. The molecule has 1 aliphatic heterocycles. The highest BCUT2D eigenvalue weighted by molar-refractivity contribution is 5.87. The van der Waals surface area contributed by atoms with E-state index in [1.54, 1.807) is 6.92 Å². The number of Topliss-reactive ketones (excluding diaryl/α,β-unsaturated/α-hetero) is 1. The first-order valence-corrected chi connectivity index (χ1v) is 19.1. The summed E-state index contributed by atoms with van der Waals surface area (Å²) in [5, 5.41) is 1.79. The molecule has 6 nitrogen and oxygen atoms in total. The maximum Gasteiger partial charge on any atom is 0.192 e. The summed E-state index contributed by atoms with van der Waals surface area (Å²) in [4.78, 5) is 31.9. The number of unbranched alkanes of at least 4 members (excludes halogenated alkanes) is 10. The summed E-state index contributed by atoms with van der Waals surface area (Å²) >= 11 is 0. The zero-order valence-corrected chi connectivity index (χ0v) is 31.1. The summed E-state index contributed by atoms with van der Waals surface area (Å²) in [6.45, 7) is 12.1. The normalized spacial score (nSPS) is 12.1. The molecule has 276 valence electrons. The van der Waals surface area contributed by atoms with Crippen LogP contribution in [0.4, 0.5) is 0 Å². The number of ketones is 1. The molecule has 1 N–H and O–H groups in total. The van der Waals surface area contributed by atoms with Crippen LogP contribution in [0.25, 0.3) is 21.8 Å². The Balaban J connectivity index is 0.000000301. The average Bonchev–Trinajstić information content (AvgIpc) is 3.71. The Labute approximate surface area is 302 Å². The van der Waals surface area contributed by atoms with Gasteiger partial charge in [0.2, 0.25) is 0 Å². The highest BCUT2D eigenvalue weighted by Gasteiger charge is 2.13. The number of rotatable bonds is 17. The van der Waals surface area contributed by atoms with E-state index in [0.717, 1.165) is 82.5 Å². The lowest BCUT2D eigenvalue weighted by atomic mass is 10.0. The predicted octanol–water partition coefficient (Wildman–Crippen LogP) is 11.6. The number of aromatic nitrogens is 2. The molecular weight excluding hydrogens is 620 g/mol. The molecule has 0 saturated carbocycles. The summed E-state index contributed by atoms with van der Waals surface area (Å²) in [6, 6.07) is 15.8. The number of carbonyl (C=O) groups is 1. The second-order valence-corrected chi connectivity index (χ2v) is 13.5. The van der Waals surface area contributed by atoms with Crippen molar-refractivity contribution in [3.05, 3.63) is 81.3 Å². The van der Waals surface area contributed by atoms with Gasteiger partial charge in [-0.1, -0.05) is 110 Å². The van der Waals surface area contributed by atoms with Gasteiger partial charge in [-0.15, -0.1) is 0 Å². The third kappa shape index (κ3) is 14.4. The molecule has 0 amide bonds. The second kappa shape index (κ2) is 24.6. The van der Waals surface area contributed by atoms with E-state index in [-0.39, 0.29) is 25.2 Å². The molecular formula is C44H66N2O4. The highest BCUT2D eigenvalue weighted by Crippen LogP contribution is 2.31. The largest absolute Gasteiger partial charge is 0.485 e. The maximum absolute atomic E-state index is 12.3. The summed E-state index contributed by atoms with van der Waals surface area (Å²) in [6.07, 6.45) is 19.8. The van der Waals surface area contributed by atoms with Crippen molar-refractivity contribution in [2.45, 2.75) is 145 Å². The van der Waals surface area contributed by atoms with Crippen LogP contribution < -0.4 is 10.2 Å². The van der Waals surface area contributed by atoms with E-state index in [1.807, 2.05) is 55.5 Å². The summed E-state index contributed by atoms with van der Waals surface area (Å²) in [5.41, 5.74) is 6.26. The van der Waals surface area contributed by atoms with Crippen LogP contribution in [0.15, 0.2) is 53.3 Å². The van der Waals surface area contributed by atoms with Gasteiger partial charge in [0.1, 0.15) is 12.4 Å². The first kappa shape index (κ1) is 42.7. The minimum atomic E-state index is 0. The summed E-state index contributed by atoms with van der Waals surface area (Å²) in [5.74, 6) is 0.851. The standard InChI is InChI=1S/C21H29NO2.C18H25NO.C4H8O.CH4/c1-4-5-6-7-8-9-13-19-17(3)21(24-15-16(2)23)18-12-10-11-14-20(18)22-19;1-3-4-5-6-7-8-12-16-14(2)18(20)15-11-9-10-13-17(15)19-16;1-2-4-5-3-1;/h10-12,14H,4-9,13,15H2,1-3H3;9-11,13H,3-8,12H2,1-2H3,(H,19,20);1-4H2;1H4. The van der Waals surface area contributed by atoms with E-state index in [0.29, 0.717) is 0 Å². The fraction of sp³-hybridized carbons (Fsp3) is 0.568. The Bertz CT molecular complexity index is 1600. The highest BCUT2D eigenvalue weighted by atomic mass is 16.5. The molecule has 4 aromatic rings. The fourth-order valence-electron chi connectivity index (χ4n) is 6.23. The molecule has 3 heterocycles. The number of hydrogen-bond acceptors (Lipinski definition) is 5. The molecule has 0 unspecified atom stereocenters. The van der Waals surface area contributed by atoms with Gasteiger partial charge in [0.25, 0.3) is 0 Å². The number of pyridine rings is 2.